The molecule has 0 bridgehead atoms. The molecule has 0 spiro atoms. The summed E-state index contributed by atoms with van der Waals surface area (Å²) < 4.78 is 0. The zero-order valence-electron chi connectivity index (χ0n) is 38.8. The summed E-state index contributed by atoms with van der Waals surface area (Å²) in [5, 5.41) is 0. The van der Waals surface area contributed by atoms with Gasteiger partial charge < -0.3 is 15.0 Å². The second kappa shape index (κ2) is 20.4. The molecule has 6 rings (SSSR count). The van der Waals surface area contributed by atoms with Crippen LogP contribution in [0.1, 0.15) is 186 Å². The molecule has 0 amide bonds. The van der Waals surface area contributed by atoms with Crippen molar-refractivity contribution in [3.63, 3.8) is 0 Å². The van der Waals surface area contributed by atoms with Gasteiger partial charge in [0.25, 0.3) is 0 Å². The highest BCUT2D eigenvalue weighted by Crippen LogP contribution is 2.37. The lowest BCUT2D eigenvalue weighted by molar-refractivity contribution is 0.240. The summed E-state index contributed by atoms with van der Waals surface area (Å²) in [7, 11) is 0. The van der Waals surface area contributed by atoms with E-state index >= 15 is 0 Å². The number of hydrogen-bond donors (Lipinski definition) is 3. The topological polar surface area (TPSA) is 87.7 Å². The molecule has 0 aliphatic rings. The van der Waals surface area contributed by atoms with Gasteiger partial charge in [0.2, 0.25) is 0 Å². The van der Waals surface area contributed by atoms with Gasteiger partial charge in [-0.15, -0.1) is 0 Å². The highest BCUT2D eigenvalue weighted by molar-refractivity contribution is 5.83. The Morgan fingerprint density at radius 3 is 0.803 bits per heavy atom. The Balaban J connectivity index is 1.26. The number of aromatic amines is 3. The van der Waals surface area contributed by atoms with Crippen LogP contribution in [-0.2, 0) is 19.6 Å². The van der Waals surface area contributed by atoms with Gasteiger partial charge in [0.15, 0.2) is 0 Å². The van der Waals surface area contributed by atoms with Gasteiger partial charge in [0, 0.05) is 36.7 Å². The van der Waals surface area contributed by atoms with Crippen molar-refractivity contribution in [1.82, 2.24) is 19.9 Å². The van der Waals surface area contributed by atoms with Crippen molar-refractivity contribution < 1.29 is 0 Å². The molecule has 0 aliphatic carbocycles. The minimum atomic E-state index is 0.389. The maximum absolute atomic E-state index is 5.09. The zero-order valence-corrected chi connectivity index (χ0v) is 38.8. The van der Waals surface area contributed by atoms with Crippen molar-refractivity contribution in [2.75, 3.05) is 0 Å². The van der Waals surface area contributed by atoms with Gasteiger partial charge in [-0.2, -0.15) is 0 Å². The Kier molecular flexibility index (Phi) is 15.0. The van der Waals surface area contributed by atoms with Crippen LogP contribution in [0.5, 0.6) is 0 Å². The standard InChI is InChI=1S/C54H69N7/c1-34(2)46-16-13-17-47(35(3)4)52(46)55-28-40-22-25-43(58-40)31-61(32-44-26-23-41(59-44)29-56-53-48(36(5)6)18-14-19-49(53)37(7)8)33-45-27-24-42(60-45)30-57-54-50(38(9)10)20-15-21-51(54)39(11)12/h13-30,34-39,58-60H,31-33H2,1-12H3. The van der Waals surface area contributed by atoms with Gasteiger partial charge in [-0.25, -0.2) is 0 Å². The van der Waals surface area contributed by atoms with Gasteiger partial charge in [-0.1, -0.05) is 138 Å². The van der Waals surface area contributed by atoms with Crippen molar-refractivity contribution >= 4 is 35.7 Å². The average Bonchev–Trinajstić information content (AvgIpc) is 3.99. The van der Waals surface area contributed by atoms with Crippen molar-refractivity contribution in [3.8, 4) is 0 Å². The van der Waals surface area contributed by atoms with Crippen LogP contribution >= 0.6 is 0 Å². The number of nitrogens with one attached hydrogen (secondary N) is 3. The number of aliphatic imine (C=N–C) groups is 3. The molecule has 0 atom stereocenters. The van der Waals surface area contributed by atoms with E-state index in [1.807, 2.05) is 18.6 Å². The average molecular weight is 816 g/mol. The Labute approximate surface area is 366 Å². The number of nitrogens with zero attached hydrogens (tertiary/aromatic N) is 4. The number of rotatable bonds is 18. The Hall–Kier alpha value is -5.53. The molecule has 0 saturated heterocycles. The third-order valence-corrected chi connectivity index (χ3v) is 11.5. The van der Waals surface area contributed by atoms with Gasteiger partial charge in [-0.05, 0) is 105 Å². The second-order valence-electron chi connectivity index (χ2n) is 18.5. The fourth-order valence-electron chi connectivity index (χ4n) is 8.16. The number of para-hydroxylation sites is 3. The molecule has 320 valence electrons. The lowest BCUT2D eigenvalue weighted by Gasteiger charge is -2.21. The van der Waals surface area contributed by atoms with E-state index in [4.69, 9.17) is 15.0 Å². The van der Waals surface area contributed by atoms with Crippen molar-refractivity contribution in [2.24, 2.45) is 15.0 Å². The molecule has 61 heavy (non-hydrogen) atoms. The van der Waals surface area contributed by atoms with E-state index in [0.717, 1.165) is 70.9 Å². The fraction of sp³-hybridized carbons (Fsp3) is 0.389. The summed E-state index contributed by atoms with van der Waals surface area (Å²) >= 11 is 0. The number of aromatic nitrogens is 3. The molecule has 0 saturated carbocycles. The van der Waals surface area contributed by atoms with Gasteiger partial charge >= 0.3 is 0 Å². The molecule has 6 aromatic rings. The molecule has 0 radical (unpaired) electrons. The van der Waals surface area contributed by atoms with E-state index in [1.165, 1.54) is 33.4 Å². The highest BCUT2D eigenvalue weighted by Gasteiger charge is 2.17. The molecule has 0 unspecified atom stereocenters. The zero-order chi connectivity index (χ0) is 43.8. The first-order chi connectivity index (χ1) is 29.2. The van der Waals surface area contributed by atoms with Crippen LogP contribution in [0, 0.1) is 0 Å². The van der Waals surface area contributed by atoms with E-state index in [0.29, 0.717) is 35.5 Å². The quantitative estimate of drug-likeness (QED) is 0.0741. The first kappa shape index (κ1) is 45.0. The summed E-state index contributed by atoms with van der Waals surface area (Å²) in [5.41, 5.74) is 17.3. The van der Waals surface area contributed by atoms with Crippen molar-refractivity contribution in [1.29, 1.82) is 0 Å². The summed E-state index contributed by atoms with van der Waals surface area (Å²) in [6.45, 7) is 29.0. The minimum Gasteiger partial charge on any atom is -0.357 e. The van der Waals surface area contributed by atoms with Crippen LogP contribution < -0.4 is 0 Å². The van der Waals surface area contributed by atoms with E-state index < -0.39 is 0 Å². The molecule has 3 aromatic heterocycles. The SMILES string of the molecule is CC(C)c1cccc(C(C)C)c1N=Cc1ccc(CN(Cc2ccc(C=Nc3c(C(C)C)cccc3C(C)C)[nH]2)Cc2ccc(C=Nc3c(C(C)C)cccc3C(C)C)[nH]2)[nH]1. The summed E-state index contributed by atoms with van der Waals surface area (Å²) in [5.74, 6) is 2.33. The van der Waals surface area contributed by atoms with E-state index in [9.17, 15) is 0 Å². The van der Waals surface area contributed by atoms with E-state index in [-0.39, 0.29) is 0 Å². The normalized spacial score (nSPS) is 12.6. The first-order valence-corrected chi connectivity index (χ1v) is 22.4. The number of benzene rings is 3. The maximum Gasteiger partial charge on any atom is 0.0699 e. The van der Waals surface area contributed by atoms with E-state index in [2.05, 4.69) is 194 Å². The van der Waals surface area contributed by atoms with Gasteiger partial charge in [-0.3, -0.25) is 19.9 Å². The number of H-pyrrole nitrogens is 3. The molecular weight excluding hydrogens is 747 g/mol. The van der Waals surface area contributed by atoms with Crippen LogP contribution in [0.4, 0.5) is 17.1 Å². The molecule has 7 nitrogen and oxygen atoms in total. The Bertz CT molecular complexity index is 2090. The molecule has 0 aliphatic heterocycles. The molecule has 3 aromatic carbocycles. The van der Waals surface area contributed by atoms with Crippen LogP contribution in [0.15, 0.2) is 106 Å². The third-order valence-electron chi connectivity index (χ3n) is 11.5. The predicted molar refractivity (Wildman–Crippen MR) is 261 cm³/mol. The van der Waals surface area contributed by atoms with Crippen LogP contribution in [0.2, 0.25) is 0 Å². The minimum absolute atomic E-state index is 0.389. The molecule has 7 heteroatoms. The van der Waals surface area contributed by atoms with Crippen molar-refractivity contribution in [2.45, 2.75) is 138 Å². The third kappa shape index (κ3) is 11.4. The number of hydrogen-bond acceptors (Lipinski definition) is 4. The fourth-order valence-corrected chi connectivity index (χ4v) is 8.16. The molecule has 3 heterocycles. The highest BCUT2D eigenvalue weighted by atomic mass is 15.1. The van der Waals surface area contributed by atoms with Gasteiger partial charge in [0.05, 0.1) is 52.8 Å². The molecule has 3 N–H and O–H groups in total. The first-order valence-electron chi connectivity index (χ1n) is 22.4. The largest absolute Gasteiger partial charge is 0.357 e. The second-order valence-corrected chi connectivity index (χ2v) is 18.5. The Morgan fingerprint density at radius 1 is 0.361 bits per heavy atom. The van der Waals surface area contributed by atoms with Crippen molar-refractivity contribution in [3.05, 3.63) is 159 Å². The smallest absolute Gasteiger partial charge is 0.0699 e. The van der Waals surface area contributed by atoms with Crippen LogP contribution in [0.3, 0.4) is 0 Å². The maximum atomic E-state index is 5.09. The molecule has 0 fully saturated rings. The van der Waals surface area contributed by atoms with E-state index in [1.54, 1.807) is 0 Å². The predicted octanol–water partition coefficient (Wildman–Crippen LogP) is 14.9. The lowest BCUT2D eigenvalue weighted by atomic mass is 9.93. The summed E-state index contributed by atoms with van der Waals surface area (Å²) in [6, 6.07) is 32.7. The summed E-state index contributed by atoms with van der Waals surface area (Å²) in [6.07, 6.45) is 5.95. The van der Waals surface area contributed by atoms with Crippen LogP contribution in [-0.4, -0.2) is 38.5 Å². The molecular formula is C54H69N7. The van der Waals surface area contributed by atoms with Gasteiger partial charge in [0.1, 0.15) is 0 Å². The monoisotopic (exact) mass is 816 g/mol. The van der Waals surface area contributed by atoms with Crippen LogP contribution in [0.25, 0.3) is 0 Å². The summed E-state index contributed by atoms with van der Waals surface area (Å²) in [4.78, 5) is 28.7. The lowest BCUT2D eigenvalue weighted by Crippen LogP contribution is -2.23. The Morgan fingerprint density at radius 2 is 0.590 bits per heavy atom.